The average Bonchev–Trinajstić information content (AvgIpc) is 3.51. The molecule has 0 bridgehead atoms. The Kier molecular flexibility index (Phi) is 10.8. The standard InChI is InChI=1S/C40H49N3O8/c1-6-25(3)30(22-44)43-36-38(47)42(29-21-24(2)17-18-26(29)4)20-12-19-40(36)34(37(43)46)33-31(51-40)15-10-11-16-32(45)41-28(23-49-5)35(50-39(33)48)27-13-8-7-9-14-27/h7-10,12-15,17-19,21,25,28,30-31,33-36,44H,6,11,16,20,22-23H2,1-5H3,(H,41,45)/b15-10-/t25-,28+,30-,31+,33-,34-,35+,36+,40-/m0/s1. The molecule has 51 heavy (non-hydrogen) atoms. The van der Waals surface area contributed by atoms with Crippen molar-refractivity contribution in [3.63, 3.8) is 0 Å². The molecule has 272 valence electrons. The number of amides is 3. The highest BCUT2D eigenvalue weighted by atomic mass is 16.6. The fourth-order valence-electron chi connectivity index (χ4n) is 8.23. The number of cyclic esters (lactones) is 1. The number of hydrogen-bond donors (Lipinski definition) is 2. The predicted molar refractivity (Wildman–Crippen MR) is 190 cm³/mol. The Hall–Kier alpha value is -4.32. The maximum Gasteiger partial charge on any atom is 0.313 e. The number of fused-ring (bicyclic) bond motifs is 2. The van der Waals surface area contributed by atoms with Crippen LogP contribution in [0.15, 0.2) is 72.8 Å². The van der Waals surface area contributed by atoms with Crippen LogP contribution in [0.2, 0.25) is 0 Å². The summed E-state index contributed by atoms with van der Waals surface area (Å²) in [4.78, 5) is 61.1. The molecule has 0 aromatic heterocycles. The van der Waals surface area contributed by atoms with E-state index >= 15 is 9.59 Å². The van der Waals surface area contributed by atoms with Gasteiger partial charge in [-0.1, -0.05) is 87.0 Å². The smallest absolute Gasteiger partial charge is 0.313 e. The highest BCUT2D eigenvalue weighted by Crippen LogP contribution is 2.54. The van der Waals surface area contributed by atoms with E-state index in [9.17, 15) is 14.7 Å². The zero-order valence-corrected chi connectivity index (χ0v) is 30.0. The third-order valence-corrected chi connectivity index (χ3v) is 11.0. The van der Waals surface area contributed by atoms with Crippen LogP contribution in [0.3, 0.4) is 0 Å². The zero-order chi connectivity index (χ0) is 36.4. The summed E-state index contributed by atoms with van der Waals surface area (Å²) in [7, 11) is 1.51. The van der Waals surface area contributed by atoms with Crippen molar-refractivity contribution in [2.45, 2.75) is 82.9 Å². The van der Waals surface area contributed by atoms with Gasteiger partial charge in [-0.3, -0.25) is 19.2 Å². The Morgan fingerprint density at radius 3 is 2.53 bits per heavy atom. The number of anilines is 1. The maximum atomic E-state index is 15.1. The second-order valence-corrected chi connectivity index (χ2v) is 14.2. The molecule has 4 heterocycles. The molecule has 11 heteroatoms. The Balaban J connectivity index is 1.50. The van der Waals surface area contributed by atoms with Crippen LogP contribution in [-0.4, -0.2) is 90.4 Å². The first-order valence-electron chi connectivity index (χ1n) is 17.9. The van der Waals surface area contributed by atoms with Gasteiger partial charge in [0.1, 0.15) is 23.7 Å². The fraction of sp³-hybridized carbons (Fsp3) is 0.500. The summed E-state index contributed by atoms with van der Waals surface area (Å²) in [6, 6.07) is 12.4. The highest BCUT2D eigenvalue weighted by molar-refractivity contribution is 6.06. The van der Waals surface area contributed by atoms with Crippen molar-refractivity contribution in [2.75, 3.05) is 31.8 Å². The minimum Gasteiger partial charge on any atom is -0.455 e. The fourth-order valence-corrected chi connectivity index (χ4v) is 8.23. The van der Waals surface area contributed by atoms with E-state index in [0.717, 1.165) is 16.8 Å². The first kappa shape index (κ1) is 36.5. The van der Waals surface area contributed by atoms with Gasteiger partial charge in [-0.05, 0) is 48.9 Å². The lowest BCUT2D eigenvalue weighted by Crippen LogP contribution is -2.59. The molecule has 4 aliphatic rings. The number of carbonyl (C=O) groups is 4. The Morgan fingerprint density at radius 1 is 1.06 bits per heavy atom. The van der Waals surface area contributed by atoms with Crippen molar-refractivity contribution in [1.82, 2.24) is 10.2 Å². The quantitative estimate of drug-likeness (QED) is 0.313. The van der Waals surface area contributed by atoms with Crippen LogP contribution in [0, 0.1) is 31.6 Å². The van der Waals surface area contributed by atoms with Crippen LogP contribution in [-0.2, 0) is 33.4 Å². The molecule has 2 aromatic carbocycles. The van der Waals surface area contributed by atoms with Gasteiger partial charge in [0.15, 0.2) is 0 Å². The normalized spacial score (nSPS) is 31.3. The number of ether oxygens (including phenoxy) is 3. The van der Waals surface area contributed by atoms with E-state index in [-0.39, 0.29) is 43.9 Å². The number of carbonyl (C=O) groups excluding carboxylic acids is 4. The third-order valence-electron chi connectivity index (χ3n) is 11.0. The summed E-state index contributed by atoms with van der Waals surface area (Å²) in [6.07, 6.45) is 6.43. The van der Waals surface area contributed by atoms with Crippen molar-refractivity contribution in [2.24, 2.45) is 17.8 Å². The van der Waals surface area contributed by atoms with Gasteiger partial charge in [0, 0.05) is 25.8 Å². The van der Waals surface area contributed by atoms with Gasteiger partial charge in [0.05, 0.1) is 37.3 Å². The number of aryl methyl sites for hydroxylation is 2. The van der Waals surface area contributed by atoms with Gasteiger partial charge in [-0.25, -0.2) is 0 Å². The largest absolute Gasteiger partial charge is 0.455 e. The van der Waals surface area contributed by atoms with Gasteiger partial charge in [0.2, 0.25) is 11.8 Å². The van der Waals surface area contributed by atoms with Gasteiger partial charge in [0.25, 0.3) is 5.91 Å². The number of nitrogens with zero attached hydrogens (tertiary/aromatic N) is 2. The number of methoxy groups -OCH3 is 1. The topological polar surface area (TPSA) is 135 Å². The van der Waals surface area contributed by atoms with E-state index in [0.29, 0.717) is 18.4 Å². The molecule has 2 N–H and O–H groups in total. The van der Waals surface area contributed by atoms with Gasteiger partial charge < -0.3 is 34.4 Å². The molecule has 3 amide bonds. The van der Waals surface area contributed by atoms with Gasteiger partial charge in [-0.15, -0.1) is 0 Å². The molecule has 9 atom stereocenters. The molecule has 1 spiro atoms. The van der Waals surface area contributed by atoms with Crippen molar-refractivity contribution >= 4 is 29.4 Å². The summed E-state index contributed by atoms with van der Waals surface area (Å²) < 4.78 is 18.7. The van der Waals surface area contributed by atoms with Crippen LogP contribution in [0.5, 0.6) is 0 Å². The Labute approximate surface area is 299 Å². The second kappa shape index (κ2) is 15.1. The molecule has 2 aromatic rings. The van der Waals surface area contributed by atoms with Crippen LogP contribution in [0.1, 0.15) is 55.9 Å². The predicted octanol–water partition coefficient (Wildman–Crippen LogP) is 3.96. The minimum atomic E-state index is -1.54. The molecular weight excluding hydrogens is 650 g/mol. The van der Waals surface area contributed by atoms with E-state index in [1.54, 1.807) is 23.1 Å². The highest BCUT2D eigenvalue weighted by Gasteiger charge is 2.73. The summed E-state index contributed by atoms with van der Waals surface area (Å²) in [6.45, 7) is 7.75. The Bertz CT molecular complexity index is 1690. The molecule has 4 aliphatic heterocycles. The van der Waals surface area contributed by atoms with E-state index in [4.69, 9.17) is 14.2 Å². The summed E-state index contributed by atoms with van der Waals surface area (Å²) in [5.74, 6) is -4.13. The van der Waals surface area contributed by atoms with Crippen molar-refractivity contribution in [3.05, 3.63) is 89.5 Å². The lowest BCUT2D eigenvalue weighted by atomic mass is 9.77. The molecule has 0 aliphatic carbocycles. The number of aliphatic hydroxyl groups is 1. The number of nitrogens with one attached hydrogen (secondary N) is 1. The first-order chi connectivity index (χ1) is 24.6. The van der Waals surface area contributed by atoms with E-state index in [1.165, 1.54) is 12.0 Å². The van der Waals surface area contributed by atoms with E-state index in [1.807, 2.05) is 82.3 Å². The Morgan fingerprint density at radius 2 is 1.82 bits per heavy atom. The number of aliphatic hydroxyl groups excluding tert-OH is 1. The molecule has 0 saturated carbocycles. The second-order valence-electron chi connectivity index (χ2n) is 14.2. The molecule has 0 unspecified atom stereocenters. The van der Waals surface area contributed by atoms with Crippen LogP contribution >= 0.6 is 0 Å². The molecule has 11 nitrogen and oxygen atoms in total. The molecule has 2 fully saturated rings. The minimum absolute atomic E-state index is 0.0691. The summed E-state index contributed by atoms with van der Waals surface area (Å²) in [5, 5.41) is 13.8. The van der Waals surface area contributed by atoms with Crippen molar-refractivity contribution in [3.8, 4) is 0 Å². The molecule has 2 saturated heterocycles. The van der Waals surface area contributed by atoms with E-state index in [2.05, 4.69) is 5.32 Å². The number of hydrogen-bond acceptors (Lipinski definition) is 8. The lowest BCUT2D eigenvalue weighted by molar-refractivity contribution is -0.163. The summed E-state index contributed by atoms with van der Waals surface area (Å²) >= 11 is 0. The molecule has 0 radical (unpaired) electrons. The van der Waals surface area contributed by atoms with Gasteiger partial charge in [-0.2, -0.15) is 0 Å². The SMILES string of the molecule is CC[C@H](C)[C@H](CO)N1C(=O)[C@@H]2[C@H]3C(=O)O[C@H](c4ccccc4)[C@@H](COC)NC(=O)CC/C=C\[C@H]3O[C@@]23C=CCN(c2cc(C)ccc2C)C(=O)[C@@H]13. The number of rotatable bonds is 8. The lowest BCUT2D eigenvalue weighted by Gasteiger charge is -2.40. The third kappa shape index (κ3) is 6.63. The van der Waals surface area contributed by atoms with Gasteiger partial charge >= 0.3 is 5.97 Å². The maximum absolute atomic E-state index is 15.1. The number of esters is 1. The average molecular weight is 700 g/mol. The molecule has 6 rings (SSSR count). The molecular formula is C40H49N3O8. The zero-order valence-electron chi connectivity index (χ0n) is 30.0. The van der Waals surface area contributed by atoms with Crippen molar-refractivity contribution < 1.29 is 38.5 Å². The first-order valence-corrected chi connectivity index (χ1v) is 17.9. The van der Waals surface area contributed by atoms with Crippen LogP contribution in [0.25, 0.3) is 0 Å². The monoisotopic (exact) mass is 699 g/mol. The summed E-state index contributed by atoms with van der Waals surface area (Å²) in [5.41, 5.74) is 1.70. The van der Waals surface area contributed by atoms with Crippen LogP contribution < -0.4 is 10.2 Å². The number of allylic oxidation sites excluding steroid dienone is 1. The van der Waals surface area contributed by atoms with Crippen LogP contribution in [0.4, 0.5) is 5.69 Å². The number of likely N-dealkylation sites (tertiary alicyclic amines) is 1. The van der Waals surface area contributed by atoms with Crippen molar-refractivity contribution in [1.29, 1.82) is 0 Å². The number of benzene rings is 2. The van der Waals surface area contributed by atoms with E-state index < -0.39 is 59.6 Å².